The Hall–Kier alpha value is 0.180. The van der Waals surface area contributed by atoms with Crippen LogP contribution in [0.25, 0.3) is 0 Å². The van der Waals surface area contributed by atoms with Gasteiger partial charge in [-0.3, -0.25) is 0 Å². The highest BCUT2D eigenvalue weighted by atomic mass is 35.6. The fraction of sp³-hybridized carbons (Fsp3) is 0.143. The monoisotopic (exact) mass is 246 g/mol. The first-order chi connectivity index (χ1) is 5.39. The normalized spacial score (nSPS) is 10.0. The van der Waals surface area contributed by atoms with E-state index in [0.29, 0.717) is 5.75 Å². The van der Waals surface area contributed by atoms with Crippen LogP contribution in [-0.2, 0) is 0 Å². The number of phenolic OH excluding ortho intramolecular Hbond substituents is 1. The molecular weight excluding hydrogens is 242 g/mol. The Morgan fingerprint density at radius 3 is 1.42 bits per heavy atom. The number of aromatic hydroxyl groups is 1. The summed E-state index contributed by atoms with van der Waals surface area (Å²) in [6.45, 7) is 0. The summed E-state index contributed by atoms with van der Waals surface area (Å²) in [6.07, 6.45) is 0. The van der Waals surface area contributed by atoms with Crippen molar-refractivity contribution in [2.45, 2.75) is 3.25 Å². The van der Waals surface area contributed by atoms with Gasteiger partial charge in [-0.1, -0.05) is 64.6 Å². The van der Waals surface area contributed by atoms with E-state index in [1.807, 2.05) is 6.07 Å². The maximum Gasteiger partial charge on any atom is 0.266 e. The van der Waals surface area contributed by atoms with E-state index in [1.165, 1.54) is 0 Å². The second-order valence-electron chi connectivity index (χ2n) is 1.76. The molecule has 0 unspecified atom stereocenters. The predicted molar refractivity (Wildman–Crippen MR) is 54.2 cm³/mol. The molecule has 0 saturated carbocycles. The first-order valence-electron chi connectivity index (χ1n) is 2.89. The molecule has 0 aliphatic rings. The highest BCUT2D eigenvalue weighted by Crippen LogP contribution is 2.29. The number of alkyl halides is 4. The van der Waals surface area contributed by atoms with Crippen molar-refractivity contribution in [3.8, 4) is 5.75 Å². The molecule has 0 heterocycles. The van der Waals surface area contributed by atoms with Crippen LogP contribution in [0.4, 0.5) is 0 Å². The molecule has 0 aromatic heterocycles. The lowest BCUT2D eigenvalue weighted by molar-refractivity contribution is 0.475. The molecule has 0 amide bonds. The third kappa shape index (κ3) is 12.8. The van der Waals surface area contributed by atoms with Crippen molar-refractivity contribution < 1.29 is 5.11 Å². The van der Waals surface area contributed by atoms with Crippen LogP contribution in [0, 0.1) is 0 Å². The summed E-state index contributed by atoms with van der Waals surface area (Å²) in [4.78, 5) is 0. The van der Waals surface area contributed by atoms with Crippen molar-refractivity contribution in [3.63, 3.8) is 0 Å². The number of hydrogen-bond donors (Lipinski definition) is 1. The van der Waals surface area contributed by atoms with Gasteiger partial charge in [0.05, 0.1) is 0 Å². The molecule has 12 heavy (non-hydrogen) atoms. The molecule has 0 fully saturated rings. The Kier molecular flexibility index (Phi) is 5.85. The van der Waals surface area contributed by atoms with Gasteiger partial charge in [-0.2, -0.15) is 0 Å². The van der Waals surface area contributed by atoms with Crippen LogP contribution >= 0.6 is 46.4 Å². The van der Waals surface area contributed by atoms with E-state index in [-0.39, 0.29) is 0 Å². The van der Waals surface area contributed by atoms with Gasteiger partial charge >= 0.3 is 0 Å². The van der Waals surface area contributed by atoms with E-state index in [9.17, 15) is 0 Å². The minimum atomic E-state index is -1.61. The molecule has 0 aliphatic heterocycles. The van der Waals surface area contributed by atoms with Crippen LogP contribution in [0.3, 0.4) is 0 Å². The summed E-state index contributed by atoms with van der Waals surface area (Å²) in [6, 6.07) is 8.71. The quantitative estimate of drug-likeness (QED) is 0.689. The molecule has 0 bridgehead atoms. The lowest BCUT2D eigenvalue weighted by Gasteiger charge is -1.91. The zero-order valence-corrected chi connectivity index (χ0v) is 8.87. The summed E-state index contributed by atoms with van der Waals surface area (Å²) in [7, 11) is 0. The summed E-state index contributed by atoms with van der Waals surface area (Å²) in [5.41, 5.74) is 0. The summed E-state index contributed by atoms with van der Waals surface area (Å²) < 4.78 is -1.61. The third-order valence-electron chi connectivity index (χ3n) is 0.756. The van der Waals surface area contributed by atoms with Gasteiger partial charge in [-0.15, -0.1) is 0 Å². The Labute approximate surface area is 90.8 Å². The van der Waals surface area contributed by atoms with Crippen LogP contribution in [0.2, 0.25) is 0 Å². The molecule has 68 valence electrons. The average Bonchev–Trinajstić information content (AvgIpc) is 1.85. The summed E-state index contributed by atoms with van der Waals surface area (Å²) >= 11 is 19.3. The van der Waals surface area contributed by atoms with Gasteiger partial charge in [0.25, 0.3) is 3.25 Å². The van der Waals surface area contributed by atoms with E-state index < -0.39 is 3.25 Å². The molecule has 0 spiro atoms. The fourth-order valence-electron chi connectivity index (χ4n) is 0.428. The molecule has 1 rings (SSSR count). The molecule has 5 heteroatoms. The minimum absolute atomic E-state index is 0.322. The molecule has 0 saturated heterocycles. The topological polar surface area (TPSA) is 20.2 Å². The van der Waals surface area contributed by atoms with Crippen molar-refractivity contribution >= 4 is 46.4 Å². The van der Waals surface area contributed by atoms with Crippen molar-refractivity contribution in [2.24, 2.45) is 0 Å². The highest BCUT2D eigenvalue weighted by molar-refractivity contribution is 6.83. The number of para-hydroxylation sites is 1. The number of hydrogen-bond acceptors (Lipinski definition) is 1. The molecule has 0 aliphatic carbocycles. The van der Waals surface area contributed by atoms with Gasteiger partial charge in [-0.05, 0) is 12.1 Å². The average molecular weight is 248 g/mol. The first kappa shape index (κ1) is 12.2. The molecule has 1 aromatic rings. The first-order valence-corrected chi connectivity index (χ1v) is 4.40. The van der Waals surface area contributed by atoms with Gasteiger partial charge in [-0.25, -0.2) is 0 Å². The van der Waals surface area contributed by atoms with E-state index >= 15 is 0 Å². The van der Waals surface area contributed by atoms with Crippen LogP contribution < -0.4 is 0 Å². The van der Waals surface area contributed by atoms with Crippen LogP contribution in [0.5, 0.6) is 5.75 Å². The maximum absolute atomic E-state index is 8.63. The second-order valence-corrected chi connectivity index (χ2v) is 5.19. The molecule has 1 aromatic carbocycles. The Bertz CT molecular complexity index is 200. The molecule has 1 nitrogen and oxygen atoms in total. The van der Waals surface area contributed by atoms with Crippen molar-refractivity contribution in [1.82, 2.24) is 0 Å². The number of halogens is 4. The molecule has 0 radical (unpaired) electrons. The summed E-state index contributed by atoms with van der Waals surface area (Å²) in [5, 5.41) is 8.63. The van der Waals surface area contributed by atoms with Crippen molar-refractivity contribution in [1.29, 1.82) is 0 Å². The number of benzene rings is 1. The van der Waals surface area contributed by atoms with Crippen LogP contribution in [0.1, 0.15) is 0 Å². The molecule has 0 atom stereocenters. The lowest BCUT2D eigenvalue weighted by Crippen LogP contribution is -1.81. The Morgan fingerprint density at radius 1 is 0.917 bits per heavy atom. The maximum atomic E-state index is 8.63. The standard InChI is InChI=1S/C6H6O.CCl4/c7-6-4-2-1-3-5-6;2-1(3,4)5/h1-5,7H;. The predicted octanol–water partition coefficient (Wildman–Crippen LogP) is 3.95. The van der Waals surface area contributed by atoms with Gasteiger partial charge < -0.3 is 5.11 Å². The Balaban J connectivity index is 0.000000217. The smallest absolute Gasteiger partial charge is 0.266 e. The third-order valence-corrected chi connectivity index (χ3v) is 0.756. The SMILES string of the molecule is ClC(Cl)(Cl)Cl.Oc1ccccc1. The van der Waals surface area contributed by atoms with Crippen molar-refractivity contribution in [3.05, 3.63) is 30.3 Å². The Morgan fingerprint density at radius 2 is 1.25 bits per heavy atom. The highest BCUT2D eigenvalue weighted by Gasteiger charge is 2.11. The zero-order valence-electron chi connectivity index (χ0n) is 5.85. The van der Waals surface area contributed by atoms with Crippen LogP contribution in [0.15, 0.2) is 30.3 Å². The van der Waals surface area contributed by atoms with Gasteiger partial charge in [0.2, 0.25) is 0 Å². The fourth-order valence-corrected chi connectivity index (χ4v) is 0.428. The zero-order chi connectivity index (χ0) is 9.61. The lowest BCUT2D eigenvalue weighted by atomic mass is 10.3. The minimum Gasteiger partial charge on any atom is -0.508 e. The second kappa shape index (κ2) is 5.76. The molecular formula is C7H6Cl4O. The largest absolute Gasteiger partial charge is 0.508 e. The van der Waals surface area contributed by atoms with Crippen LogP contribution in [-0.4, -0.2) is 8.36 Å². The summed E-state index contributed by atoms with van der Waals surface area (Å²) in [5.74, 6) is 0.322. The van der Waals surface area contributed by atoms with E-state index in [1.54, 1.807) is 24.3 Å². The van der Waals surface area contributed by atoms with Crippen molar-refractivity contribution in [2.75, 3.05) is 0 Å². The number of phenols is 1. The van der Waals surface area contributed by atoms with Gasteiger partial charge in [0, 0.05) is 0 Å². The van der Waals surface area contributed by atoms with E-state index in [4.69, 9.17) is 51.5 Å². The number of rotatable bonds is 0. The van der Waals surface area contributed by atoms with E-state index in [2.05, 4.69) is 0 Å². The van der Waals surface area contributed by atoms with E-state index in [0.717, 1.165) is 0 Å². The van der Waals surface area contributed by atoms with Gasteiger partial charge in [0.15, 0.2) is 0 Å². The van der Waals surface area contributed by atoms with Gasteiger partial charge in [0.1, 0.15) is 5.75 Å². The molecule has 1 N–H and O–H groups in total.